The first-order chi connectivity index (χ1) is 8.97. The molecule has 0 bridgehead atoms. The van der Waals surface area contributed by atoms with Crippen molar-refractivity contribution in [3.8, 4) is 0 Å². The number of hydrogen-bond acceptors (Lipinski definition) is 3. The molecule has 5 heteroatoms. The van der Waals surface area contributed by atoms with Crippen LogP contribution in [0.25, 0.3) is 0 Å². The summed E-state index contributed by atoms with van der Waals surface area (Å²) < 4.78 is 0. The highest BCUT2D eigenvalue weighted by Crippen LogP contribution is 2.09. The Kier molecular flexibility index (Phi) is 6.02. The van der Waals surface area contributed by atoms with E-state index in [9.17, 15) is 9.59 Å². The molecule has 1 aromatic rings. The van der Waals surface area contributed by atoms with E-state index in [4.69, 9.17) is 0 Å². The molecule has 2 amide bonds. The Morgan fingerprint density at radius 3 is 2.58 bits per heavy atom. The quantitative estimate of drug-likeness (QED) is 0.753. The molecular formula is C14H21N3O2. The first-order valence-electron chi connectivity index (χ1n) is 6.25. The summed E-state index contributed by atoms with van der Waals surface area (Å²) in [6.45, 7) is 3.25. The number of anilines is 1. The van der Waals surface area contributed by atoms with Crippen molar-refractivity contribution in [2.24, 2.45) is 0 Å². The Labute approximate surface area is 114 Å². The van der Waals surface area contributed by atoms with Gasteiger partial charge >= 0.3 is 0 Å². The normalized spacial score (nSPS) is 10.3. The van der Waals surface area contributed by atoms with Gasteiger partial charge in [0.05, 0.1) is 0 Å². The minimum Gasteiger partial charge on any atom is -0.354 e. The third-order valence-corrected chi connectivity index (χ3v) is 2.50. The Balaban J connectivity index is 2.33. The van der Waals surface area contributed by atoms with E-state index >= 15 is 0 Å². The van der Waals surface area contributed by atoms with Crippen LogP contribution in [0.4, 0.5) is 5.69 Å². The number of hydrogen-bond donors (Lipinski definition) is 2. The van der Waals surface area contributed by atoms with Gasteiger partial charge in [-0.2, -0.15) is 0 Å². The lowest BCUT2D eigenvalue weighted by Gasteiger charge is -2.10. The maximum Gasteiger partial charge on any atom is 0.233 e. The average Bonchev–Trinajstić information content (AvgIpc) is 2.27. The summed E-state index contributed by atoms with van der Waals surface area (Å²) in [5.74, 6) is -0.556. The molecule has 0 aliphatic heterocycles. The Hall–Kier alpha value is -1.88. The van der Waals surface area contributed by atoms with Crippen LogP contribution in [0.3, 0.4) is 0 Å². The van der Waals surface area contributed by atoms with Crippen LogP contribution in [0.1, 0.15) is 12.0 Å². The Bertz CT molecular complexity index is 444. The van der Waals surface area contributed by atoms with Crippen molar-refractivity contribution >= 4 is 17.5 Å². The van der Waals surface area contributed by atoms with Gasteiger partial charge in [0.1, 0.15) is 6.42 Å². The van der Waals surface area contributed by atoms with Crippen molar-refractivity contribution in [1.29, 1.82) is 0 Å². The highest BCUT2D eigenvalue weighted by Gasteiger charge is 2.09. The van der Waals surface area contributed by atoms with Crippen LogP contribution in [-0.4, -0.2) is 43.9 Å². The second-order valence-corrected chi connectivity index (χ2v) is 4.75. The number of nitrogens with zero attached hydrogens (tertiary/aromatic N) is 1. The molecule has 104 valence electrons. The first kappa shape index (κ1) is 15.2. The van der Waals surface area contributed by atoms with Gasteiger partial charge < -0.3 is 15.5 Å². The van der Waals surface area contributed by atoms with Crippen LogP contribution in [-0.2, 0) is 9.59 Å². The van der Waals surface area contributed by atoms with E-state index in [2.05, 4.69) is 10.6 Å². The molecule has 0 aromatic heterocycles. The van der Waals surface area contributed by atoms with Crippen molar-refractivity contribution in [2.75, 3.05) is 32.5 Å². The first-order valence-corrected chi connectivity index (χ1v) is 6.25. The second kappa shape index (κ2) is 7.53. The summed E-state index contributed by atoms with van der Waals surface area (Å²) in [5, 5.41) is 5.40. The van der Waals surface area contributed by atoms with Gasteiger partial charge in [-0.15, -0.1) is 0 Å². The number of likely N-dealkylation sites (N-methyl/N-ethyl adjacent to an activating group) is 1. The van der Waals surface area contributed by atoms with E-state index in [0.717, 1.165) is 12.1 Å². The van der Waals surface area contributed by atoms with E-state index in [1.807, 2.05) is 44.1 Å². The summed E-state index contributed by atoms with van der Waals surface area (Å²) in [7, 11) is 3.85. The van der Waals surface area contributed by atoms with E-state index in [1.165, 1.54) is 0 Å². The monoisotopic (exact) mass is 263 g/mol. The summed E-state index contributed by atoms with van der Waals surface area (Å²) in [6, 6.07) is 7.47. The second-order valence-electron chi connectivity index (χ2n) is 4.75. The number of carbonyl (C=O) groups is 2. The van der Waals surface area contributed by atoms with Gasteiger partial charge in [0.25, 0.3) is 0 Å². The predicted octanol–water partition coefficient (Wildman–Crippen LogP) is 1.00. The van der Waals surface area contributed by atoms with Crippen molar-refractivity contribution < 1.29 is 9.59 Å². The van der Waals surface area contributed by atoms with Gasteiger partial charge in [0.2, 0.25) is 11.8 Å². The van der Waals surface area contributed by atoms with Gasteiger partial charge in [-0.1, -0.05) is 12.1 Å². The molecule has 0 spiro atoms. The molecule has 0 saturated heterocycles. The molecule has 0 saturated carbocycles. The van der Waals surface area contributed by atoms with Gasteiger partial charge in [0, 0.05) is 18.8 Å². The lowest BCUT2D eigenvalue weighted by atomic mass is 10.2. The third-order valence-electron chi connectivity index (χ3n) is 2.50. The van der Waals surface area contributed by atoms with E-state index in [-0.39, 0.29) is 18.2 Å². The zero-order valence-corrected chi connectivity index (χ0v) is 11.7. The van der Waals surface area contributed by atoms with Gasteiger partial charge in [-0.25, -0.2) is 0 Å². The summed E-state index contributed by atoms with van der Waals surface area (Å²) in [4.78, 5) is 25.1. The van der Waals surface area contributed by atoms with Crippen molar-refractivity contribution in [3.05, 3.63) is 29.8 Å². The molecule has 19 heavy (non-hydrogen) atoms. The zero-order valence-electron chi connectivity index (χ0n) is 11.7. The number of benzene rings is 1. The van der Waals surface area contributed by atoms with Crippen LogP contribution < -0.4 is 10.6 Å². The van der Waals surface area contributed by atoms with Crippen molar-refractivity contribution in [3.63, 3.8) is 0 Å². The van der Waals surface area contributed by atoms with E-state index in [1.54, 1.807) is 6.07 Å². The highest BCUT2D eigenvalue weighted by molar-refractivity contribution is 6.03. The lowest BCUT2D eigenvalue weighted by Crippen LogP contribution is -2.33. The van der Waals surface area contributed by atoms with Crippen molar-refractivity contribution in [1.82, 2.24) is 10.2 Å². The molecule has 0 aliphatic carbocycles. The predicted molar refractivity (Wildman–Crippen MR) is 76.0 cm³/mol. The number of amides is 2. The minimum atomic E-state index is -0.298. The smallest absolute Gasteiger partial charge is 0.233 e. The van der Waals surface area contributed by atoms with Crippen LogP contribution in [0, 0.1) is 6.92 Å². The molecule has 5 nitrogen and oxygen atoms in total. The largest absolute Gasteiger partial charge is 0.354 e. The maximum absolute atomic E-state index is 11.6. The fraction of sp³-hybridized carbons (Fsp3) is 0.429. The Morgan fingerprint density at radius 2 is 1.95 bits per heavy atom. The number of carbonyl (C=O) groups excluding carboxylic acids is 2. The molecule has 0 radical (unpaired) electrons. The molecule has 0 heterocycles. The molecular weight excluding hydrogens is 242 g/mol. The van der Waals surface area contributed by atoms with Gasteiger partial charge in [-0.3, -0.25) is 9.59 Å². The molecule has 2 N–H and O–H groups in total. The fourth-order valence-electron chi connectivity index (χ4n) is 1.56. The summed E-state index contributed by atoms with van der Waals surface area (Å²) >= 11 is 0. The van der Waals surface area contributed by atoms with E-state index < -0.39 is 0 Å². The molecule has 0 unspecified atom stereocenters. The van der Waals surface area contributed by atoms with Crippen LogP contribution >= 0.6 is 0 Å². The van der Waals surface area contributed by atoms with Crippen LogP contribution in [0.5, 0.6) is 0 Å². The lowest BCUT2D eigenvalue weighted by molar-refractivity contribution is -0.126. The number of nitrogens with one attached hydrogen (secondary N) is 2. The summed E-state index contributed by atoms with van der Waals surface area (Å²) in [5.41, 5.74) is 1.78. The number of rotatable bonds is 6. The maximum atomic E-state index is 11.6. The number of aryl methyl sites for hydroxylation is 1. The standard InChI is InChI=1S/C14H21N3O2/c1-11-5-4-6-12(9-11)16-14(19)10-13(18)15-7-8-17(2)3/h4-6,9H,7-8,10H2,1-3H3,(H,15,18)(H,16,19). The highest BCUT2D eigenvalue weighted by atomic mass is 16.2. The molecule has 0 atom stereocenters. The fourth-order valence-corrected chi connectivity index (χ4v) is 1.56. The van der Waals surface area contributed by atoms with Crippen molar-refractivity contribution in [2.45, 2.75) is 13.3 Å². The topological polar surface area (TPSA) is 61.4 Å². The average molecular weight is 263 g/mol. The molecule has 1 aromatic carbocycles. The van der Waals surface area contributed by atoms with Crippen LogP contribution in [0.15, 0.2) is 24.3 Å². The van der Waals surface area contributed by atoms with Crippen LogP contribution in [0.2, 0.25) is 0 Å². The summed E-state index contributed by atoms with van der Waals surface area (Å²) in [6.07, 6.45) is -0.151. The SMILES string of the molecule is Cc1cccc(NC(=O)CC(=O)NCCN(C)C)c1. The molecule has 1 rings (SSSR count). The minimum absolute atomic E-state index is 0.151. The zero-order chi connectivity index (χ0) is 14.3. The Morgan fingerprint density at radius 1 is 1.21 bits per heavy atom. The van der Waals surface area contributed by atoms with Gasteiger partial charge in [-0.05, 0) is 38.7 Å². The van der Waals surface area contributed by atoms with Gasteiger partial charge in [0.15, 0.2) is 0 Å². The van der Waals surface area contributed by atoms with E-state index in [0.29, 0.717) is 12.2 Å². The molecule has 0 fully saturated rings. The third kappa shape index (κ3) is 6.57. The molecule has 0 aliphatic rings.